The minimum atomic E-state index is -0.177. The quantitative estimate of drug-likeness (QED) is 0.872. The van der Waals surface area contributed by atoms with Crippen LogP contribution in [0.15, 0.2) is 22.7 Å². The summed E-state index contributed by atoms with van der Waals surface area (Å²) >= 11 is 3.67. The first-order valence-corrected chi connectivity index (χ1v) is 7.87. The van der Waals surface area contributed by atoms with E-state index in [1.165, 1.54) is 11.3 Å². The molecule has 0 saturated carbocycles. The standard InChI is InChI=1S/C15H23BrN2O/c1-3-7-17-11(2)14-5-4-12(9-15(14)16)18-8-6-13(19)10-18/h4-5,9,11,13,17,19H,3,6-8,10H2,1-2H3. The van der Waals surface area contributed by atoms with Gasteiger partial charge in [-0.3, -0.25) is 0 Å². The van der Waals surface area contributed by atoms with E-state index in [-0.39, 0.29) is 6.10 Å². The summed E-state index contributed by atoms with van der Waals surface area (Å²) in [5.74, 6) is 0. The number of β-amino-alcohol motifs (C(OH)–C–C–N with tert-alkyl or cyclic N) is 1. The minimum absolute atomic E-state index is 0.177. The van der Waals surface area contributed by atoms with Gasteiger partial charge in [0.1, 0.15) is 0 Å². The molecule has 0 aromatic heterocycles. The second-order valence-corrected chi connectivity index (χ2v) is 6.12. The summed E-state index contributed by atoms with van der Waals surface area (Å²) in [7, 11) is 0. The largest absolute Gasteiger partial charge is 0.391 e. The third kappa shape index (κ3) is 3.71. The average Bonchev–Trinajstić information content (AvgIpc) is 2.82. The molecule has 4 heteroatoms. The maximum absolute atomic E-state index is 9.61. The number of hydrogen-bond acceptors (Lipinski definition) is 3. The molecule has 1 fully saturated rings. The number of hydrogen-bond donors (Lipinski definition) is 2. The number of nitrogens with zero attached hydrogens (tertiary/aromatic N) is 1. The molecule has 2 unspecified atom stereocenters. The van der Waals surface area contributed by atoms with E-state index in [0.29, 0.717) is 6.04 Å². The summed E-state index contributed by atoms with van der Waals surface area (Å²) in [4.78, 5) is 2.24. The highest BCUT2D eigenvalue weighted by Crippen LogP contribution is 2.29. The molecule has 2 rings (SSSR count). The van der Waals surface area contributed by atoms with Crippen molar-refractivity contribution >= 4 is 21.6 Å². The number of anilines is 1. The maximum Gasteiger partial charge on any atom is 0.0731 e. The van der Waals surface area contributed by atoms with Crippen molar-refractivity contribution < 1.29 is 5.11 Å². The SMILES string of the molecule is CCCNC(C)c1ccc(N2CCC(O)C2)cc1Br. The molecule has 1 saturated heterocycles. The molecular formula is C15H23BrN2O. The smallest absolute Gasteiger partial charge is 0.0731 e. The normalized spacial score (nSPS) is 20.8. The Bertz CT molecular complexity index is 425. The lowest BCUT2D eigenvalue weighted by atomic mass is 10.1. The number of aliphatic hydroxyl groups excluding tert-OH is 1. The van der Waals surface area contributed by atoms with Crippen LogP contribution in [0.4, 0.5) is 5.69 Å². The molecule has 1 heterocycles. The van der Waals surface area contributed by atoms with Crippen molar-refractivity contribution in [1.29, 1.82) is 0 Å². The molecule has 0 radical (unpaired) electrons. The summed E-state index contributed by atoms with van der Waals surface area (Å²) in [5, 5.41) is 13.1. The predicted octanol–water partition coefficient (Wildman–Crippen LogP) is 3.08. The van der Waals surface area contributed by atoms with Gasteiger partial charge in [-0.25, -0.2) is 0 Å². The molecule has 106 valence electrons. The Hall–Kier alpha value is -0.580. The summed E-state index contributed by atoms with van der Waals surface area (Å²) in [5.41, 5.74) is 2.48. The molecule has 0 aliphatic carbocycles. The molecule has 1 aliphatic heterocycles. The monoisotopic (exact) mass is 326 g/mol. The van der Waals surface area contributed by atoms with Crippen molar-refractivity contribution in [3.05, 3.63) is 28.2 Å². The van der Waals surface area contributed by atoms with E-state index in [2.05, 4.69) is 58.2 Å². The molecule has 1 aliphatic rings. The van der Waals surface area contributed by atoms with Crippen LogP contribution in [0.3, 0.4) is 0 Å². The maximum atomic E-state index is 9.61. The molecular weight excluding hydrogens is 304 g/mol. The van der Waals surface area contributed by atoms with Crippen LogP contribution in [0.1, 0.15) is 38.3 Å². The number of benzene rings is 1. The highest BCUT2D eigenvalue weighted by Gasteiger charge is 2.21. The van der Waals surface area contributed by atoms with Crippen molar-refractivity contribution in [2.75, 3.05) is 24.5 Å². The fraction of sp³-hybridized carbons (Fsp3) is 0.600. The topological polar surface area (TPSA) is 35.5 Å². The second kappa shape index (κ2) is 6.73. The second-order valence-electron chi connectivity index (χ2n) is 5.27. The van der Waals surface area contributed by atoms with Crippen molar-refractivity contribution in [2.24, 2.45) is 0 Å². The van der Waals surface area contributed by atoms with Gasteiger partial charge in [0.25, 0.3) is 0 Å². The van der Waals surface area contributed by atoms with Gasteiger partial charge in [-0.05, 0) is 44.0 Å². The number of aliphatic hydroxyl groups is 1. The van der Waals surface area contributed by atoms with Crippen LogP contribution in [-0.4, -0.2) is 30.8 Å². The van der Waals surface area contributed by atoms with Crippen LogP contribution in [-0.2, 0) is 0 Å². The molecule has 2 N–H and O–H groups in total. The summed E-state index contributed by atoms with van der Waals surface area (Å²) < 4.78 is 1.14. The number of rotatable bonds is 5. The zero-order chi connectivity index (χ0) is 13.8. The van der Waals surface area contributed by atoms with Gasteiger partial charge in [-0.2, -0.15) is 0 Å². The lowest BCUT2D eigenvalue weighted by Crippen LogP contribution is -2.22. The van der Waals surface area contributed by atoms with Gasteiger partial charge in [-0.1, -0.05) is 28.9 Å². The van der Waals surface area contributed by atoms with Gasteiger partial charge in [0.05, 0.1) is 6.10 Å². The zero-order valence-electron chi connectivity index (χ0n) is 11.7. The van der Waals surface area contributed by atoms with Gasteiger partial charge in [0, 0.05) is 29.3 Å². The Kier molecular flexibility index (Phi) is 5.25. The van der Waals surface area contributed by atoms with Crippen LogP contribution in [0.2, 0.25) is 0 Å². The van der Waals surface area contributed by atoms with E-state index in [9.17, 15) is 5.11 Å². The average molecular weight is 327 g/mol. The molecule has 0 amide bonds. The fourth-order valence-electron chi connectivity index (χ4n) is 2.51. The Morgan fingerprint density at radius 1 is 1.53 bits per heavy atom. The van der Waals surface area contributed by atoms with Crippen LogP contribution in [0.25, 0.3) is 0 Å². The first-order chi connectivity index (χ1) is 9.11. The van der Waals surface area contributed by atoms with Gasteiger partial charge < -0.3 is 15.3 Å². The number of nitrogens with one attached hydrogen (secondary N) is 1. The lowest BCUT2D eigenvalue weighted by molar-refractivity contribution is 0.198. The molecule has 0 spiro atoms. The molecule has 1 aromatic carbocycles. The van der Waals surface area contributed by atoms with Crippen LogP contribution < -0.4 is 10.2 Å². The van der Waals surface area contributed by atoms with Crippen molar-refractivity contribution in [3.63, 3.8) is 0 Å². The first kappa shape index (κ1) is 14.8. The Morgan fingerprint density at radius 2 is 2.32 bits per heavy atom. The summed E-state index contributed by atoms with van der Waals surface area (Å²) in [6.45, 7) is 7.09. The highest BCUT2D eigenvalue weighted by molar-refractivity contribution is 9.10. The van der Waals surface area contributed by atoms with Crippen LogP contribution >= 0.6 is 15.9 Å². The predicted molar refractivity (Wildman–Crippen MR) is 83.7 cm³/mol. The Morgan fingerprint density at radius 3 is 2.89 bits per heavy atom. The van der Waals surface area contributed by atoms with Crippen molar-refractivity contribution in [1.82, 2.24) is 5.32 Å². The van der Waals surface area contributed by atoms with Crippen LogP contribution in [0, 0.1) is 0 Å². The van der Waals surface area contributed by atoms with Crippen molar-refractivity contribution in [2.45, 2.75) is 38.8 Å². The molecule has 19 heavy (non-hydrogen) atoms. The number of halogens is 1. The Labute approximate surface area is 124 Å². The van der Waals surface area contributed by atoms with E-state index in [1.807, 2.05) is 0 Å². The molecule has 1 aromatic rings. The van der Waals surface area contributed by atoms with Crippen LogP contribution in [0.5, 0.6) is 0 Å². The van der Waals surface area contributed by atoms with Gasteiger partial charge >= 0.3 is 0 Å². The minimum Gasteiger partial charge on any atom is -0.391 e. The molecule has 2 atom stereocenters. The van der Waals surface area contributed by atoms with E-state index in [4.69, 9.17) is 0 Å². The van der Waals surface area contributed by atoms with E-state index in [0.717, 1.165) is 36.9 Å². The third-order valence-corrected chi connectivity index (χ3v) is 4.37. The third-order valence-electron chi connectivity index (χ3n) is 3.68. The fourth-order valence-corrected chi connectivity index (χ4v) is 3.22. The van der Waals surface area contributed by atoms with Gasteiger partial charge in [0.15, 0.2) is 0 Å². The Balaban J connectivity index is 2.08. The zero-order valence-corrected chi connectivity index (χ0v) is 13.3. The highest BCUT2D eigenvalue weighted by atomic mass is 79.9. The first-order valence-electron chi connectivity index (χ1n) is 7.07. The molecule has 0 bridgehead atoms. The lowest BCUT2D eigenvalue weighted by Gasteiger charge is -2.21. The van der Waals surface area contributed by atoms with Gasteiger partial charge in [0.2, 0.25) is 0 Å². The molecule has 3 nitrogen and oxygen atoms in total. The summed E-state index contributed by atoms with van der Waals surface area (Å²) in [6.07, 6.45) is 1.84. The van der Waals surface area contributed by atoms with E-state index in [1.54, 1.807) is 0 Å². The summed E-state index contributed by atoms with van der Waals surface area (Å²) in [6, 6.07) is 6.85. The van der Waals surface area contributed by atoms with E-state index < -0.39 is 0 Å². The van der Waals surface area contributed by atoms with Crippen molar-refractivity contribution in [3.8, 4) is 0 Å². The van der Waals surface area contributed by atoms with E-state index >= 15 is 0 Å². The van der Waals surface area contributed by atoms with Gasteiger partial charge in [-0.15, -0.1) is 0 Å².